The highest BCUT2D eigenvalue weighted by molar-refractivity contribution is 6.47. The molecule has 1 heterocycles. The summed E-state index contributed by atoms with van der Waals surface area (Å²) in [5.41, 5.74) is -0.566. The maximum atomic E-state index is 10.0. The second-order valence-electron chi connectivity index (χ2n) is 6.14. The van der Waals surface area contributed by atoms with Gasteiger partial charge in [-0.2, -0.15) is 0 Å². The van der Waals surface area contributed by atoms with Crippen LogP contribution in [0.4, 0.5) is 0 Å². The zero-order valence-corrected chi connectivity index (χ0v) is 10.8. The van der Waals surface area contributed by atoms with Gasteiger partial charge in [0.25, 0.3) is 0 Å². The molecule has 3 nitrogen and oxygen atoms in total. The van der Waals surface area contributed by atoms with Crippen LogP contribution in [0.25, 0.3) is 0 Å². The monoisotopic (exact) mass is 226 g/mol. The van der Waals surface area contributed by atoms with Crippen LogP contribution in [0.1, 0.15) is 53.4 Å². The van der Waals surface area contributed by atoms with Gasteiger partial charge in [0, 0.05) is 5.82 Å². The molecule has 4 heteroatoms. The fraction of sp³-hybridized carbons (Fsp3) is 1.00. The Hall–Kier alpha value is -0.0551. The molecule has 2 atom stereocenters. The van der Waals surface area contributed by atoms with E-state index in [0.29, 0.717) is 0 Å². The molecule has 1 saturated carbocycles. The van der Waals surface area contributed by atoms with Gasteiger partial charge in [-0.25, -0.2) is 0 Å². The van der Waals surface area contributed by atoms with Crippen LogP contribution in [-0.2, 0) is 9.31 Å². The Kier molecular flexibility index (Phi) is 3.10. The van der Waals surface area contributed by atoms with E-state index in [1.807, 2.05) is 0 Å². The van der Waals surface area contributed by atoms with Gasteiger partial charge in [-0.15, -0.1) is 0 Å². The molecule has 0 aromatic carbocycles. The van der Waals surface area contributed by atoms with Crippen molar-refractivity contribution < 1.29 is 14.4 Å². The predicted molar refractivity (Wildman–Crippen MR) is 64.3 cm³/mol. The quantitative estimate of drug-likeness (QED) is 0.697. The Morgan fingerprint density at radius 1 is 1.00 bits per heavy atom. The molecule has 0 bridgehead atoms. The van der Waals surface area contributed by atoms with Crippen molar-refractivity contribution in [1.82, 2.24) is 0 Å². The van der Waals surface area contributed by atoms with E-state index in [2.05, 4.69) is 27.7 Å². The van der Waals surface area contributed by atoms with Crippen molar-refractivity contribution in [2.75, 3.05) is 0 Å². The summed E-state index contributed by atoms with van der Waals surface area (Å²) in [7, 11) is -0.236. The summed E-state index contributed by atoms with van der Waals surface area (Å²) in [6.45, 7) is 8.23. The van der Waals surface area contributed by atoms with E-state index < -0.39 is 0 Å². The summed E-state index contributed by atoms with van der Waals surface area (Å²) in [5, 5.41) is 10.0. The molecule has 0 aromatic rings. The number of aliphatic hydroxyl groups is 1. The van der Waals surface area contributed by atoms with Crippen LogP contribution in [0.2, 0.25) is 5.82 Å². The van der Waals surface area contributed by atoms with E-state index >= 15 is 0 Å². The molecule has 2 fully saturated rings. The van der Waals surface area contributed by atoms with Crippen LogP contribution in [-0.4, -0.2) is 29.5 Å². The molecule has 92 valence electrons. The Morgan fingerprint density at radius 2 is 1.50 bits per heavy atom. The molecular weight excluding hydrogens is 203 g/mol. The Bertz CT molecular complexity index is 249. The topological polar surface area (TPSA) is 38.7 Å². The molecule has 1 N–H and O–H groups in total. The minimum atomic E-state index is -0.283. The lowest BCUT2D eigenvalue weighted by atomic mass is 9.63. The molecule has 1 saturated heterocycles. The summed E-state index contributed by atoms with van der Waals surface area (Å²) in [6.07, 6.45) is 3.93. The number of aliphatic hydroxyl groups excluding tert-OH is 1. The molecular formula is C12H23BO3. The van der Waals surface area contributed by atoms with E-state index in [9.17, 15) is 5.11 Å². The van der Waals surface area contributed by atoms with Gasteiger partial charge in [0.15, 0.2) is 0 Å². The largest absolute Gasteiger partial charge is 0.463 e. The van der Waals surface area contributed by atoms with Gasteiger partial charge in [0.05, 0.1) is 17.3 Å². The Balaban J connectivity index is 2.07. The molecule has 1 aliphatic carbocycles. The van der Waals surface area contributed by atoms with E-state index in [1.54, 1.807) is 0 Å². The second kappa shape index (κ2) is 4.00. The van der Waals surface area contributed by atoms with Gasteiger partial charge in [-0.1, -0.05) is 12.8 Å². The summed E-state index contributed by atoms with van der Waals surface area (Å²) in [4.78, 5) is 0. The maximum Gasteiger partial charge on any atom is 0.463 e. The van der Waals surface area contributed by atoms with Crippen molar-refractivity contribution in [3.05, 3.63) is 0 Å². The fourth-order valence-electron chi connectivity index (χ4n) is 2.52. The maximum absolute atomic E-state index is 10.0. The summed E-state index contributed by atoms with van der Waals surface area (Å²) >= 11 is 0. The molecule has 0 aromatic heterocycles. The zero-order chi connectivity index (χ0) is 12.0. The van der Waals surface area contributed by atoms with Gasteiger partial charge in [-0.05, 0) is 40.5 Å². The smallest absolute Gasteiger partial charge is 0.403 e. The third-order valence-corrected chi connectivity index (χ3v) is 4.40. The van der Waals surface area contributed by atoms with Crippen molar-refractivity contribution >= 4 is 7.12 Å². The molecule has 2 rings (SSSR count). The first-order valence-electron chi connectivity index (χ1n) is 6.37. The molecule has 1 aliphatic heterocycles. The minimum absolute atomic E-state index is 0.148. The van der Waals surface area contributed by atoms with Crippen molar-refractivity contribution in [2.24, 2.45) is 0 Å². The van der Waals surface area contributed by atoms with Crippen molar-refractivity contribution in [3.8, 4) is 0 Å². The third-order valence-electron chi connectivity index (χ3n) is 4.40. The molecule has 2 unspecified atom stereocenters. The van der Waals surface area contributed by atoms with Gasteiger partial charge < -0.3 is 14.4 Å². The van der Waals surface area contributed by atoms with Crippen LogP contribution in [0.3, 0.4) is 0 Å². The average Bonchev–Trinajstić information content (AvgIpc) is 2.36. The van der Waals surface area contributed by atoms with Gasteiger partial charge in [0.2, 0.25) is 0 Å². The first kappa shape index (κ1) is 12.4. The predicted octanol–water partition coefficient (Wildman–Crippen LogP) is 2.38. The van der Waals surface area contributed by atoms with Crippen molar-refractivity contribution in [3.63, 3.8) is 0 Å². The number of rotatable bonds is 1. The van der Waals surface area contributed by atoms with Crippen LogP contribution >= 0.6 is 0 Å². The first-order chi connectivity index (χ1) is 7.33. The molecule has 0 spiro atoms. The zero-order valence-electron chi connectivity index (χ0n) is 10.8. The molecule has 16 heavy (non-hydrogen) atoms. The van der Waals surface area contributed by atoms with Crippen LogP contribution in [0.15, 0.2) is 0 Å². The Morgan fingerprint density at radius 3 is 2.00 bits per heavy atom. The van der Waals surface area contributed by atoms with E-state index in [0.717, 1.165) is 19.3 Å². The minimum Gasteiger partial charge on any atom is -0.403 e. The highest BCUT2D eigenvalue weighted by Crippen LogP contribution is 2.43. The van der Waals surface area contributed by atoms with E-state index in [1.165, 1.54) is 6.42 Å². The van der Waals surface area contributed by atoms with Gasteiger partial charge >= 0.3 is 7.12 Å². The van der Waals surface area contributed by atoms with Crippen molar-refractivity contribution in [2.45, 2.75) is 76.5 Å². The Labute approximate surface area is 98.7 Å². The SMILES string of the molecule is CC1(C)OB(C2CCCCC2O)OC1(C)C. The van der Waals surface area contributed by atoms with Crippen LogP contribution in [0.5, 0.6) is 0 Å². The standard InChI is InChI=1S/C12H23BO3/c1-11(2)12(3,4)16-13(15-11)9-7-5-6-8-10(9)14/h9-10,14H,5-8H2,1-4H3. The van der Waals surface area contributed by atoms with Crippen molar-refractivity contribution in [1.29, 1.82) is 0 Å². The van der Waals surface area contributed by atoms with Gasteiger partial charge in [0.1, 0.15) is 0 Å². The lowest BCUT2D eigenvalue weighted by molar-refractivity contribution is 0.00578. The summed E-state index contributed by atoms with van der Waals surface area (Å²) < 4.78 is 12.0. The third kappa shape index (κ3) is 2.03. The van der Waals surface area contributed by atoms with Gasteiger partial charge in [-0.3, -0.25) is 0 Å². The lowest BCUT2D eigenvalue weighted by Crippen LogP contribution is -2.41. The lowest BCUT2D eigenvalue weighted by Gasteiger charge is -2.32. The highest BCUT2D eigenvalue weighted by atomic mass is 16.7. The normalized spacial score (nSPS) is 37.7. The highest BCUT2D eigenvalue weighted by Gasteiger charge is 2.54. The summed E-state index contributed by atoms with van der Waals surface area (Å²) in [6, 6.07) is 0. The first-order valence-corrected chi connectivity index (χ1v) is 6.37. The van der Waals surface area contributed by atoms with E-state index in [-0.39, 0.29) is 30.2 Å². The van der Waals surface area contributed by atoms with E-state index in [4.69, 9.17) is 9.31 Å². The van der Waals surface area contributed by atoms with Crippen LogP contribution < -0.4 is 0 Å². The average molecular weight is 226 g/mol. The number of hydrogen-bond acceptors (Lipinski definition) is 3. The number of hydrogen-bond donors (Lipinski definition) is 1. The second-order valence-corrected chi connectivity index (χ2v) is 6.14. The molecule has 0 radical (unpaired) electrons. The summed E-state index contributed by atoms with van der Waals surface area (Å²) in [5.74, 6) is 0.148. The molecule has 2 aliphatic rings. The molecule has 0 amide bonds. The fourth-order valence-corrected chi connectivity index (χ4v) is 2.52. The van der Waals surface area contributed by atoms with Crippen LogP contribution in [0, 0.1) is 0 Å².